The van der Waals surface area contributed by atoms with E-state index in [-0.39, 0.29) is 23.7 Å². The highest BCUT2D eigenvalue weighted by Gasteiger charge is 2.30. The van der Waals surface area contributed by atoms with E-state index in [0.29, 0.717) is 5.69 Å². The molecular weight excluding hydrogens is 260 g/mol. The molecule has 1 rings (SSSR count). The SMILES string of the molecule is Cc1ncc([N+](=O)[O-])cc1C(=O)NC(C)(CN)C(C)C. The number of hydrogen-bond donors (Lipinski definition) is 2. The van der Waals surface area contributed by atoms with Gasteiger partial charge in [0.25, 0.3) is 11.6 Å². The average Bonchev–Trinajstić information content (AvgIpc) is 2.38. The number of nitro groups is 1. The zero-order valence-corrected chi connectivity index (χ0v) is 12.1. The molecule has 7 heteroatoms. The van der Waals surface area contributed by atoms with E-state index in [2.05, 4.69) is 10.3 Å². The predicted molar refractivity (Wildman–Crippen MR) is 75.4 cm³/mol. The maximum atomic E-state index is 12.3. The zero-order valence-electron chi connectivity index (χ0n) is 12.1. The molecule has 20 heavy (non-hydrogen) atoms. The van der Waals surface area contributed by atoms with Crippen molar-refractivity contribution >= 4 is 11.6 Å². The summed E-state index contributed by atoms with van der Waals surface area (Å²) in [5, 5.41) is 13.6. The van der Waals surface area contributed by atoms with Gasteiger partial charge in [0.1, 0.15) is 6.20 Å². The number of aromatic nitrogens is 1. The van der Waals surface area contributed by atoms with Gasteiger partial charge in [-0.15, -0.1) is 0 Å². The Bertz CT molecular complexity index is 530. The topological polar surface area (TPSA) is 111 Å². The summed E-state index contributed by atoms with van der Waals surface area (Å²) in [6.45, 7) is 7.65. The number of amides is 1. The number of hydrogen-bond acceptors (Lipinski definition) is 5. The number of rotatable bonds is 5. The Balaban J connectivity index is 3.09. The summed E-state index contributed by atoms with van der Waals surface area (Å²) < 4.78 is 0. The minimum atomic E-state index is -0.576. The number of aryl methyl sites for hydroxylation is 1. The number of carbonyl (C=O) groups excluding carboxylic acids is 1. The zero-order chi connectivity index (χ0) is 15.5. The maximum Gasteiger partial charge on any atom is 0.288 e. The van der Waals surface area contributed by atoms with Crippen molar-refractivity contribution in [1.82, 2.24) is 10.3 Å². The molecule has 7 nitrogen and oxygen atoms in total. The fourth-order valence-electron chi connectivity index (χ4n) is 1.61. The van der Waals surface area contributed by atoms with Crippen molar-refractivity contribution in [3.05, 3.63) is 33.6 Å². The van der Waals surface area contributed by atoms with Crippen LogP contribution in [0.4, 0.5) is 5.69 Å². The fourth-order valence-corrected chi connectivity index (χ4v) is 1.61. The van der Waals surface area contributed by atoms with E-state index in [1.165, 1.54) is 6.07 Å². The van der Waals surface area contributed by atoms with Gasteiger partial charge >= 0.3 is 0 Å². The van der Waals surface area contributed by atoms with Gasteiger partial charge in [0.15, 0.2) is 0 Å². The average molecular weight is 280 g/mol. The first kappa shape index (κ1) is 16.0. The third kappa shape index (κ3) is 3.30. The molecule has 0 saturated heterocycles. The summed E-state index contributed by atoms with van der Waals surface area (Å²) in [7, 11) is 0. The second kappa shape index (κ2) is 5.96. The summed E-state index contributed by atoms with van der Waals surface area (Å²) >= 11 is 0. The Morgan fingerprint density at radius 1 is 1.60 bits per heavy atom. The molecule has 1 aromatic rings. The highest BCUT2D eigenvalue weighted by molar-refractivity contribution is 5.96. The van der Waals surface area contributed by atoms with Crippen LogP contribution in [0.5, 0.6) is 0 Å². The minimum Gasteiger partial charge on any atom is -0.345 e. The van der Waals surface area contributed by atoms with Crippen LogP contribution in [0.2, 0.25) is 0 Å². The Labute approximate surface area is 117 Å². The lowest BCUT2D eigenvalue weighted by atomic mass is 9.88. The minimum absolute atomic E-state index is 0.128. The second-order valence-corrected chi connectivity index (χ2v) is 5.31. The lowest BCUT2D eigenvalue weighted by molar-refractivity contribution is -0.385. The molecule has 0 aliphatic rings. The Hall–Kier alpha value is -2.02. The molecule has 1 heterocycles. The molecule has 0 aromatic carbocycles. The van der Waals surface area contributed by atoms with E-state index >= 15 is 0 Å². The molecule has 0 fully saturated rings. The Morgan fingerprint density at radius 3 is 2.65 bits per heavy atom. The molecule has 110 valence electrons. The van der Waals surface area contributed by atoms with Crippen LogP contribution < -0.4 is 11.1 Å². The van der Waals surface area contributed by atoms with Crippen LogP contribution in [-0.4, -0.2) is 27.9 Å². The summed E-state index contributed by atoms with van der Waals surface area (Å²) in [5.74, 6) is -0.274. The summed E-state index contributed by atoms with van der Waals surface area (Å²) in [4.78, 5) is 26.4. The highest BCUT2D eigenvalue weighted by Crippen LogP contribution is 2.19. The molecule has 0 saturated carbocycles. The quantitative estimate of drug-likeness (QED) is 0.625. The molecule has 0 aliphatic heterocycles. The molecule has 1 unspecified atom stereocenters. The predicted octanol–water partition coefficient (Wildman–Crippen LogP) is 1.40. The first-order valence-electron chi connectivity index (χ1n) is 6.35. The molecule has 1 amide bonds. The molecule has 1 aromatic heterocycles. The first-order valence-corrected chi connectivity index (χ1v) is 6.35. The van der Waals surface area contributed by atoms with Crippen molar-refractivity contribution in [2.75, 3.05) is 6.54 Å². The van der Waals surface area contributed by atoms with Gasteiger partial charge in [-0.05, 0) is 19.8 Å². The van der Waals surface area contributed by atoms with Gasteiger partial charge in [-0.25, -0.2) is 0 Å². The number of nitrogens with zero attached hydrogens (tertiary/aromatic N) is 2. The van der Waals surface area contributed by atoms with Crippen molar-refractivity contribution < 1.29 is 9.72 Å². The third-order valence-corrected chi connectivity index (χ3v) is 3.63. The number of pyridine rings is 1. The van der Waals surface area contributed by atoms with Crippen molar-refractivity contribution in [1.29, 1.82) is 0 Å². The summed E-state index contributed by atoms with van der Waals surface area (Å²) in [5.41, 5.74) is 5.56. The van der Waals surface area contributed by atoms with Gasteiger partial charge in [0, 0.05) is 12.6 Å². The van der Waals surface area contributed by atoms with Crippen LogP contribution in [-0.2, 0) is 0 Å². The summed E-state index contributed by atoms with van der Waals surface area (Å²) in [6, 6.07) is 1.23. The molecular formula is C13H20N4O3. The Morgan fingerprint density at radius 2 is 2.20 bits per heavy atom. The van der Waals surface area contributed by atoms with E-state index in [0.717, 1.165) is 6.20 Å². The van der Waals surface area contributed by atoms with E-state index < -0.39 is 16.4 Å². The van der Waals surface area contributed by atoms with Crippen LogP contribution >= 0.6 is 0 Å². The second-order valence-electron chi connectivity index (χ2n) is 5.31. The molecule has 0 aliphatic carbocycles. The standard InChI is InChI=1S/C13H20N4O3/c1-8(2)13(4,7-14)16-12(18)11-5-10(17(19)20)6-15-9(11)3/h5-6,8H,7,14H2,1-4H3,(H,16,18). The van der Waals surface area contributed by atoms with Crippen molar-refractivity contribution in [3.8, 4) is 0 Å². The van der Waals surface area contributed by atoms with Crippen LogP contribution in [0.1, 0.15) is 36.8 Å². The van der Waals surface area contributed by atoms with Crippen molar-refractivity contribution in [3.63, 3.8) is 0 Å². The van der Waals surface area contributed by atoms with Crippen molar-refractivity contribution in [2.45, 2.75) is 33.2 Å². The van der Waals surface area contributed by atoms with Crippen molar-refractivity contribution in [2.24, 2.45) is 11.7 Å². The van der Waals surface area contributed by atoms with Gasteiger partial charge in [-0.3, -0.25) is 19.9 Å². The molecule has 0 radical (unpaired) electrons. The summed E-state index contributed by atoms with van der Waals surface area (Å²) in [6.07, 6.45) is 1.14. The molecule has 1 atom stereocenters. The van der Waals surface area contributed by atoms with Crippen LogP contribution in [0.15, 0.2) is 12.3 Å². The van der Waals surface area contributed by atoms with Crippen LogP contribution in [0.25, 0.3) is 0 Å². The number of nitrogens with one attached hydrogen (secondary N) is 1. The van der Waals surface area contributed by atoms with Crippen LogP contribution in [0, 0.1) is 23.0 Å². The van der Waals surface area contributed by atoms with Gasteiger partial charge < -0.3 is 11.1 Å². The van der Waals surface area contributed by atoms with Crippen LogP contribution in [0.3, 0.4) is 0 Å². The number of nitrogens with two attached hydrogens (primary N) is 1. The smallest absolute Gasteiger partial charge is 0.288 e. The third-order valence-electron chi connectivity index (χ3n) is 3.63. The fraction of sp³-hybridized carbons (Fsp3) is 0.538. The highest BCUT2D eigenvalue weighted by atomic mass is 16.6. The van der Waals surface area contributed by atoms with Gasteiger partial charge in [-0.2, -0.15) is 0 Å². The van der Waals surface area contributed by atoms with Gasteiger partial charge in [-0.1, -0.05) is 13.8 Å². The normalized spacial score (nSPS) is 13.9. The van der Waals surface area contributed by atoms with E-state index in [9.17, 15) is 14.9 Å². The largest absolute Gasteiger partial charge is 0.345 e. The Kier molecular flexibility index (Phi) is 4.78. The molecule has 0 spiro atoms. The number of carbonyl (C=O) groups is 1. The van der Waals surface area contributed by atoms with Gasteiger partial charge in [0.05, 0.1) is 21.7 Å². The lowest BCUT2D eigenvalue weighted by Gasteiger charge is -2.33. The van der Waals surface area contributed by atoms with E-state index in [4.69, 9.17) is 5.73 Å². The monoisotopic (exact) mass is 280 g/mol. The van der Waals surface area contributed by atoms with E-state index in [1.807, 2.05) is 20.8 Å². The lowest BCUT2D eigenvalue weighted by Crippen LogP contribution is -2.55. The van der Waals surface area contributed by atoms with E-state index in [1.54, 1.807) is 6.92 Å². The van der Waals surface area contributed by atoms with Gasteiger partial charge in [0.2, 0.25) is 0 Å². The maximum absolute atomic E-state index is 12.3. The molecule has 3 N–H and O–H groups in total. The first-order chi connectivity index (χ1) is 9.21. The molecule has 0 bridgehead atoms.